The first-order valence-corrected chi connectivity index (χ1v) is 8.13. The number of hydrogen-bond donors (Lipinski definition) is 2. The Morgan fingerprint density at radius 3 is 2.57 bits per heavy atom. The summed E-state index contributed by atoms with van der Waals surface area (Å²) in [5, 5.41) is 10.8. The third-order valence-electron chi connectivity index (χ3n) is 5.39. The van der Waals surface area contributed by atoms with Crippen LogP contribution in [0.1, 0.15) is 42.5 Å². The van der Waals surface area contributed by atoms with E-state index in [0.717, 1.165) is 24.7 Å². The molecular weight excluding hydrogens is 294 g/mol. The van der Waals surface area contributed by atoms with Gasteiger partial charge in [-0.1, -0.05) is 6.07 Å². The van der Waals surface area contributed by atoms with Gasteiger partial charge in [0.05, 0.1) is 4.92 Å². The van der Waals surface area contributed by atoms with Crippen molar-refractivity contribution >= 4 is 11.6 Å². The number of rotatable bonds is 4. The average Bonchev–Trinajstić information content (AvgIpc) is 2.53. The van der Waals surface area contributed by atoms with Gasteiger partial charge in [0.1, 0.15) is 0 Å². The number of carbonyl (C=O) groups excluding carboxylic acids is 1. The quantitative estimate of drug-likeness (QED) is 0.661. The van der Waals surface area contributed by atoms with Crippen LogP contribution in [0.15, 0.2) is 35.5 Å². The van der Waals surface area contributed by atoms with E-state index in [1.165, 1.54) is 48.7 Å². The third-order valence-corrected chi connectivity index (χ3v) is 5.39. The normalized spacial score (nSPS) is 27.9. The SMILES string of the molecule is O=C(NNC1=C2CC3CC(C2)CC1C3)c1cccc([N+](=O)[O-])c1. The van der Waals surface area contributed by atoms with Crippen LogP contribution < -0.4 is 10.9 Å². The molecule has 2 N–H and O–H groups in total. The summed E-state index contributed by atoms with van der Waals surface area (Å²) in [6.45, 7) is 0. The number of nitrogens with one attached hydrogen (secondary N) is 2. The van der Waals surface area contributed by atoms with Crippen LogP contribution in [0.3, 0.4) is 0 Å². The molecule has 2 fully saturated rings. The Labute approximate surface area is 134 Å². The highest BCUT2D eigenvalue weighted by atomic mass is 16.6. The number of allylic oxidation sites excluding steroid dienone is 2. The number of carbonyl (C=O) groups is 1. The molecule has 4 bridgehead atoms. The highest BCUT2D eigenvalue weighted by Crippen LogP contribution is 2.52. The fourth-order valence-electron chi connectivity index (χ4n) is 4.57. The van der Waals surface area contributed by atoms with Gasteiger partial charge in [0.2, 0.25) is 0 Å². The van der Waals surface area contributed by atoms with Gasteiger partial charge in [0.25, 0.3) is 11.6 Å². The van der Waals surface area contributed by atoms with Gasteiger partial charge in [0.15, 0.2) is 0 Å². The highest BCUT2D eigenvalue weighted by Gasteiger charge is 2.41. The lowest BCUT2D eigenvalue weighted by Crippen LogP contribution is -2.45. The van der Waals surface area contributed by atoms with Crippen molar-refractivity contribution in [3.63, 3.8) is 0 Å². The largest absolute Gasteiger partial charge is 0.302 e. The van der Waals surface area contributed by atoms with E-state index >= 15 is 0 Å². The van der Waals surface area contributed by atoms with Gasteiger partial charge in [-0.05, 0) is 55.6 Å². The van der Waals surface area contributed by atoms with Crippen LogP contribution in [0, 0.1) is 27.9 Å². The van der Waals surface area contributed by atoms with E-state index < -0.39 is 4.92 Å². The lowest BCUT2D eigenvalue weighted by molar-refractivity contribution is -0.384. The number of benzene rings is 1. The zero-order valence-corrected chi connectivity index (χ0v) is 12.7. The van der Waals surface area contributed by atoms with Crippen molar-refractivity contribution in [3.8, 4) is 0 Å². The minimum absolute atomic E-state index is 0.0747. The molecule has 0 aliphatic heterocycles. The summed E-state index contributed by atoms with van der Waals surface area (Å²) in [5.41, 5.74) is 8.72. The maximum Gasteiger partial charge on any atom is 0.270 e. The molecule has 0 radical (unpaired) electrons. The number of nitrogens with zero attached hydrogens (tertiary/aromatic N) is 1. The van der Waals surface area contributed by atoms with Crippen LogP contribution in [-0.2, 0) is 0 Å². The topological polar surface area (TPSA) is 84.3 Å². The van der Waals surface area contributed by atoms with Gasteiger partial charge in [-0.25, -0.2) is 0 Å². The lowest BCUT2D eigenvalue weighted by Gasteiger charge is -2.47. The number of hydrogen-bond acceptors (Lipinski definition) is 4. The second-order valence-electron chi connectivity index (χ2n) is 6.95. The molecule has 6 heteroatoms. The minimum Gasteiger partial charge on any atom is -0.302 e. The average molecular weight is 313 g/mol. The first kappa shape index (κ1) is 14.2. The Hall–Kier alpha value is -2.37. The zero-order chi connectivity index (χ0) is 16.0. The van der Waals surface area contributed by atoms with Crippen molar-refractivity contribution in [2.24, 2.45) is 17.8 Å². The number of nitro groups is 1. The van der Waals surface area contributed by atoms with Crippen molar-refractivity contribution in [1.29, 1.82) is 0 Å². The van der Waals surface area contributed by atoms with Crippen molar-refractivity contribution in [2.75, 3.05) is 0 Å². The third kappa shape index (κ3) is 2.58. The minimum atomic E-state index is -0.493. The molecule has 0 aromatic heterocycles. The zero-order valence-electron chi connectivity index (χ0n) is 12.7. The van der Waals surface area contributed by atoms with Crippen molar-refractivity contribution in [3.05, 3.63) is 51.2 Å². The Bertz CT molecular complexity index is 697. The van der Waals surface area contributed by atoms with Gasteiger partial charge in [-0.2, -0.15) is 0 Å². The van der Waals surface area contributed by atoms with E-state index in [-0.39, 0.29) is 11.6 Å². The van der Waals surface area contributed by atoms with Crippen molar-refractivity contribution in [1.82, 2.24) is 10.9 Å². The van der Waals surface area contributed by atoms with E-state index in [4.69, 9.17) is 0 Å². The second kappa shape index (κ2) is 5.37. The number of non-ortho nitro benzene ring substituents is 1. The molecule has 0 spiro atoms. The van der Waals surface area contributed by atoms with Crippen LogP contribution in [0.25, 0.3) is 0 Å². The maximum atomic E-state index is 12.2. The standard InChI is InChI=1S/C17H19N3O3/c21-17(12-2-1-3-15(9-12)20(22)23)19-18-16-13-5-10-4-11(7-13)8-14(16)6-10/h1-3,9-11,13,18H,4-8H2,(H,19,21). The molecular formula is C17H19N3O3. The first-order valence-electron chi connectivity index (χ1n) is 8.13. The molecule has 2 atom stereocenters. The van der Waals surface area contributed by atoms with Gasteiger partial charge < -0.3 is 5.43 Å². The molecule has 120 valence electrons. The van der Waals surface area contributed by atoms with Crippen LogP contribution in [-0.4, -0.2) is 10.8 Å². The summed E-state index contributed by atoms with van der Waals surface area (Å²) < 4.78 is 0. The second-order valence-corrected chi connectivity index (χ2v) is 6.95. The van der Waals surface area contributed by atoms with E-state index in [9.17, 15) is 14.9 Å². The Morgan fingerprint density at radius 2 is 1.91 bits per heavy atom. The summed E-state index contributed by atoms with van der Waals surface area (Å²) in [7, 11) is 0. The van der Waals surface area contributed by atoms with Gasteiger partial charge >= 0.3 is 0 Å². The molecule has 1 aromatic rings. The fraction of sp³-hybridized carbons (Fsp3) is 0.471. The molecule has 4 aliphatic carbocycles. The highest BCUT2D eigenvalue weighted by molar-refractivity contribution is 5.94. The smallest absolute Gasteiger partial charge is 0.270 e. The Kier molecular flexibility index (Phi) is 3.32. The molecule has 5 rings (SSSR count). The molecule has 2 unspecified atom stereocenters. The van der Waals surface area contributed by atoms with Crippen molar-refractivity contribution < 1.29 is 9.72 Å². The van der Waals surface area contributed by atoms with Crippen molar-refractivity contribution in [2.45, 2.75) is 32.1 Å². The first-order chi connectivity index (χ1) is 11.1. The Morgan fingerprint density at radius 1 is 1.17 bits per heavy atom. The molecule has 1 aromatic carbocycles. The fourth-order valence-corrected chi connectivity index (χ4v) is 4.57. The van der Waals surface area contributed by atoms with Crippen LogP contribution in [0.5, 0.6) is 0 Å². The maximum absolute atomic E-state index is 12.2. The van der Waals surface area contributed by atoms with E-state index in [2.05, 4.69) is 10.9 Å². The molecule has 0 saturated heterocycles. The van der Waals surface area contributed by atoms with E-state index in [1.54, 1.807) is 6.07 Å². The van der Waals surface area contributed by atoms with Gasteiger partial charge in [-0.3, -0.25) is 20.3 Å². The predicted molar refractivity (Wildman–Crippen MR) is 84.3 cm³/mol. The Balaban J connectivity index is 1.46. The lowest BCUT2D eigenvalue weighted by atomic mass is 9.60. The van der Waals surface area contributed by atoms with Crippen LogP contribution >= 0.6 is 0 Å². The molecule has 6 nitrogen and oxygen atoms in total. The molecule has 4 aliphatic rings. The monoisotopic (exact) mass is 313 g/mol. The summed E-state index contributed by atoms with van der Waals surface area (Å²) in [6, 6.07) is 5.79. The molecule has 1 amide bonds. The molecule has 2 saturated carbocycles. The number of nitro benzene ring substituents is 1. The number of hydrazine groups is 1. The molecule has 0 heterocycles. The number of amides is 1. The summed E-state index contributed by atoms with van der Waals surface area (Å²) in [5.74, 6) is 1.87. The van der Waals surface area contributed by atoms with Gasteiger partial charge in [-0.15, -0.1) is 0 Å². The summed E-state index contributed by atoms with van der Waals surface area (Å²) in [4.78, 5) is 22.5. The summed E-state index contributed by atoms with van der Waals surface area (Å²) in [6.07, 6.45) is 6.11. The predicted octanol–water partition coefficient (Wildman–Crippen LogP) is 2.92. The van der Waals surface area contributed by atoms with E-state index in [1.807, 2.05) is 0 Å². The van der Waals surface area contributed by atoms with E-state index in [0.29, 0.717) is 11.5 Å². The van der Waals surface area contributed by atoms with Gasteiger partial charge in [0, 0.05) is 29.3 Å². The van der Waals surface area contributed by atoms with Crippen LogP contribution in [0.4, 0.5) is 5.69 Å². The van der Waals surface area contributed by atoms with Crippen LogP contribution in [0.2, 0.25) is 0 Å². The summed E-state index contributed by atoms with van der Waals surface area (Å²) >= 11 is 0. The molecule has 23 heavy (non-hydrogen) atoms.